The van der Waals surface area contributed by atoms with Crippen LogP contribution in [0.2, 0.25) is 5.02 Å². The molecule has 2 aromatic rings. The standard InChI is InChI=1S/C16H15Cl2NO/c1-16(11-17,13-7-3-2-4-8-13)19-15(20)12-6-5-9-14(18)10-12/h2-10H,11H2,1H3,(H,19,20). The van der Waals surface area contributed by atoms with Gasteiger partial charge in [-0.05, 0) is 30.7 Å². The van der Waals surface area contributed by atoms with Crippen LogP contribution in [0.15, 0.2) is 54.6 Å². The van der Waals surface area contributed by atoms with Gasteiger partial charge in [-0.1, -0.05) is 48.0 Å². The molecule has 1 unspecified atom stereocenters. The summed E-state index contributed by atoms with van der Waals surface area (Å²) in [6.45, 7) is 1.90. The van der Waals surface area contributed by atoms with E-state index in [-0.39, 0.29) is 11.8 Å². The highest BCUT2D eigenvalue weighted by Gasteiger charge is 2.27. The zero-order valence-electron chi connectivity index (χ0n) is 11.1. The highest BCUT2D eigenvalue weighted by molar-refractivity contribution is 6.31. The molecule has 0 fully saturated rings. The molecule has 0 heterocycles. The van der Waals surface area contributed by atoms with Crippen LogP contribution in [0.25, 0.3) is 0 Å². The monoisotopic (exact) mass is 307 g/mol. The minimum atomic E-state index is -0.623. The quantitative estimate of drug-likeness (QED) is 0.842. The van der Waals surface area contributed by atoms with E-state index < -0.39 is 5.54 Å². The minimum Gasteiger partial charge on any atom is -0.342 e. The molecule has 0 aliphatic carbocycles. The van der Waals surface area contributed by atoms with Crippen LogP contribution < -0.4 is 5.32 Å². The van der Waals surface area contributed by atoms with Crippen LogP contribution in [0.5, 0.6) is 0 Å². The summed E-state index contributed by atoms with van der Waals surface area (Å²) in [5.41, 5.74) is 0.859. The lowest BCUT2D eigenvalue weighted by Crippen LogP contribution is -2.45. The van der Waals surface area contributed by atoms with Crippen LogP contribution in [-0.4, -0.2) is 11.8 Å². The molecule has 0 saturated carbocycles. The number of carbonyl (C=O) groups is 1. The number of rotatable bonds is 4. The van der Waals surface area contributed by atoms with Crippen molar-refractivity contribution in [2.24, 2.45) is 0 Å². The maximum atomic E-state index is 12.3. The number of benzene rings is 2. The normalized spacial score (nSPS) is 13.6. The Hall–Kier alpha value is -1.51. The Morgan fingerprint density at radius 3 is 2.45 bits per heavy atom. The van der Waals surface area contributed by atoms with Crippen molar-refractivity contribution in [3.63, 3.8) is 0 Å². The smallest absolute Gasteiger partial charge is 0.252 e. The van der Waals surface area contributed by atoms with E-state index >= 15 is 0 Å². The van der Waals surface area contributed by atoms with Gasteiger partial charge in [-0.2, -0.15) is 0 Å². The zero-order chi connectivity index (χ0) is 14.6. The number of nitrogens with one attached hydrogen (secondary N) is 1. The average Bonchev–Trinajstić information content (AvgIpc) is 2.48. The molecule has 4 heteroatoms. The topological polar surface area (TPSA) is 29.1 Å². The summed E-state index contributed by atoms with van der Waals surface area (Å²) >= 11 is 12.0. The molecule has 1 N–H and O–H groups in total. The number of hydrogen-bond donors (Lipinski definition) is 1. The lowest BCUT2D eigenvalue weighted by atomic mass is 9.93. The summed E-state index contributed by atoms with van der Waals surface area (Å²) in [6.07, 6.45) is 0. The Kier molecular flexibility index (Phi) is 4.69. The van der Waals surface area contributed by atoms with E-state index in [2.05, 4.69) is 5.32 Å². The highest BCUT2D eigenvalue weighted by atomic mass is 35.5. The first-order chi connectivity index (χ1) is 9.55. The maximum Gasteiger partial charge on any atom is 0.252 e. The lowest BCUT2D eigenvalue weighted by molar-refractivity contribution is 0.0913. The first-order valence-electron chi connectivity index (χ1n) is 6.25. The van der Waals surface area contributed by atoms with E-state index in [0.29, 0.717) is 10.6 Å². The molecule has 0 radical (unpaired) electrons. The molecule has 2 aromatic carbocycles. The number of alkyl halides is 1. The summed E-state index contributed by atoms with van der Waals surface area (Å²) in [6, 6.07) is 16.5. The fourth-order valence-electron chi connectivity index (χ4n) is 1.94. The van der Waals surface area contributed by atoms with Gasteiger partial charge in [0.05, 0.1) is 5.54 Å². The van der Waals surface area contributed by atoms with Gasteiger partial charge >= 0.3 is 0 Å². The first kappa shape index (κ1) is 14.9. The average molecular weight is 308 g/mol. The van der Waals surface area contributed by atoms with Crippen LogP contribution in [0.4, 0.5) is 0 Å². The fourth-order valence-corrected chi connectivity index (χ4v) is 2.35. The van der Waals surface area contributed by atoms with Gasteiger partial charge in [-0.25, -0.2) is 0 Å². The van der Waals surface area contributed by atoms with E-state index in [1.807, 2.05) is 37.3 Å². The number of hydrogen-bond acceptors (Lipinski definition) is 1. The van der Waals surface area contributed by atoms with Gasteiger partial charge in [-0.15, -0.1) is 11.6 Å². The molecule has 0 spiro atoms. The SMILES string of the molecule is CC(CCl)(NC(=O)c1cccc(Cl)c1)c1ccccc1. The molecule has 0 saturated heterocycles. The third-order valence-corrected chi connectivity index (χ3v) is 3.92. The highest BCUT2D eigenvalue weighted by Crippen LogP contribution is 2.23. The summed E-state index contributed by atoms with van der Waals surface area (Å²) in [5, 5.41) is 3.51. The van der Waals surface area contributed by atoms with Crippen LogP contribution >= 0.6 is 23.2 Å². The Balaban J connectivity index is 2.24. The van der Waals surface area contributed by atoms with Crippen molar-refractivity contribution in [1.29, 1.82) is 0 Å². The second kappa shape index (κ2) is 6.29. The first-order valence-corrected chi connectivity index (χ1v) is 7.16. The van der Waals surface area contributed by atoms with Gasteiger partial charge in [0.25, 0.3) is 5.91 Å². The third kappa shape index (κ3) is 3.33. The van der Waals surface area contributed by atoms with Crippen LogP contribution in [0.1, 0.15) is 22.8 Å². The molecule has 0 bridgehead atoms. The van der Waals surface area contributed by atoms with Crippen molar-refractivity contribution in [1.82, 2.24) is 5.32 Å². The van der Waals surface area contributed by atoms with Gasteiger partial charge in [0.15, 0.2) is 0 Å². The van der Waals surface area contributed by atoms with Crippen molar-refractivity contribution < 1.29 is 4.79 Å². The van der Waals surface area contributed by atoms with Gasteiger partial charge in [-0.3, -0.25) is 4.79 Å². The summed E-state index contributed by atoms with van der Waals surface area (Å²) in [7, 11) is 0. The van der Waals surface area contributed by atoms with Gasteiger partial charge < -0.3 is 5.32 Å². The molecule has 1 atom stereocenters. The Morgan fingerprint density at radius 1 is 1.15 bits per heavy atom. The van der Waals surface area contributed by atoms with Crippen LogP contribution in [-0.2, 0) is 5.54 Å². The van der Waals surface area contributed by atoms with E-state index in [1.165, 1.54) is 0 Å². The second-order valence-electron chi connectivity index (χ2n) is 4.80. The number of halogens is 2. The Labute approximate surface area is 128 Å². The fraction of sp³-hybridized carbons (Fsp3) is 0.188. The Bertz CT molecular complexity index is 600. The van der Waals surface area contributed by atoms with Crippen LogP contribution in [0, 0.1) is 0 Å². The van der Waals surface area contributed by atoms with Gasteiger partial charge in [0, 0.05) is 16.5 Å². The molecular weight excluding hydrogens is 293 g/mol. The summed E-state index contributed by atoms with van der Waals surface area (Å²) in [5.74, 6) is 0.0862. The zero-order valence-corrected chi connectivity index (χ0v) is 12.6. The second-order valence-corrected chi connectivity index (χ2v) is 5.50. The number of amides is 1. The van der Waals surface area contributed by atoms with E-state index in [1.54, 1.807) is 24.3 Å². The van der Waals surface area contributed by atoms with Crippen molar-refractivity contribution in [3.05, 3.63) is 70.7 Å². The molecule has 104 valence electrons. The summed E-state index contributed by atoms with van der Waals surface area (Å²) < 4.78 is 0. The molecule has 2 nitrogen and oxygen atoms in total. The molecule has 0 aliphatic rings. The predicted octanol–water partition coefficient (Wildman–Crippen LogP) is 4.22. The van der Waals surface area contributed by atoms with Crippen molar-refractivity contribution in [2.75, 3.05) is 5.88 Å². The van der Waals surface area contributed by atoms with E-state index in [9.17, 15) is 4.79 Å². The molecule has 0 aromatic heterocycles. The maximum absolute atomic E-state index is 12.3. The molecule has 20 heavy (non-hydrogen) atoms. The van der Waals surface area contributed by atoms with Crippen molar-refractivity contribution in [3.8, 4) is 0 Å². The van der Waals surface area contributed by atoms with Gasteiger partial charge in [0.1, 0.15) is 0 Å². The summed E-state index contributed by atoms with van der Waals surface area (Å²) in [4.78, 5) is 12.3. The van der Waals surface area contributed by atoms with E-state index in [0.717, 1.165) is 5.56 Å². The minimum absolute atomic E-state index is 0.195. The van der Waals surface area contributed by atoms with Crippen molar-refractivity contribution >= 4 is 29.1 Å². The molecule has 1 amide bonds. The molecular formula is C16H15Cl2NO. The van der Waals surface area contributed by atoms with Crippen molar-refractivity contribution in [2.45, 2.75) is 12.5 Å². The predicted molar refractivity (Wildman–Crippen MR) is 83.4 cm³/mol. The van der Waals surface area contributed by atoms with Gasteiger partial charge in [0.2, 0.25) is 0 Å². The molecule has 2 rings (SSSR count). The number of carbonyl (C=O) groups excluding carboxylic acids is 1. The lowest BCUT2D eigenvalue weighted by Gasteiger charge is -2.29. The molecule has 0 aliphatic heterocycles. The third-order valence-electron chi connectivity index (χ3n) is 3.15. The largest absolute Gasteiger partial charge is 0.342 e. The Morgan fingerprint density at radius 2 is 1.85 bits per heavy atom. The van der Waals surface area contributed by atoms with Crippen LogP contribution in [0.3, 0.4) is 0 Å². The van der Waals surface area contributed by atoms with E-state index in [4.69, 9.17) is 23.2 Å².